The number of ether oxygens (including phenoxy) is 1. The maximum Gasteiger partial charge on any atom is 0.416 e. The second kappa shape index (κ2) is 10.9. The van der Waals surface area contributed by atoms with Crippen LogP contribution in [0.2, 0.25) is 0 Å². The maximum atomic E-state index is 13.0. The predicted molar refractivity (Wildman–Crippen MR) is 125 cm³/mol. The van der Waals surface area contributed by atoms with Crippen molar-refractivity contribution in [2.24, 2.45) is 10.4 Å². The summed E-state index contributed by atoms with van der Waals surface area (Å²) in [6.07, 6.45) is -0.820. The summed E-state index contributed by atoms with van der Waals surface area (Å²) in [5.41, 5.74) is 0.345. The average molecular weight is 540 g/mol. The van der Waals surface area contributed by atoms with E-state index in [1.165, 1.54) is 25.0 Å². The van der Waals surface area contributed by atoms with Crippen LogP contribution in [-0.2, 0) is 10.9 Å². The number of aliphatic imine (C=N–C) groups is 1. The molecule has 170 valence electrons. The summed E-state index contributed by atoms with van der Waals surface area (Å²) in [5, 5.41) is 3.51. The van der Waals surface area contributed by atoms with Gasteiger partial charge in [-0.3, -0.25) is 4.99 Å². The molecule has 5 nitrogen and oxygen atoms in total. The Labute approximate surface area is 194 Å². The number of piperazine rings is 1. The molecule has 0 amide bonds. The van der Waals surface area contributed by atoms with Gasteiger partial charge in [0.1, 0.15) is 0 Å². The molecule has 0 atom stereocenters. The summed E-state index contributed by atoms with van der Waals surface area (Å²) in [6, 6.07) is 5.57. The van der Waals surface area contributed by atoms with Gasteiger partial charge in [0.15, 0.2) is 5.96 Å². The van der Waals surface area contributed by atoms with Crippen LogP contribution in [0, 0.1) is 5.41 Å². The lowest BCUT2D eigenvalue weighted by Gasteiger charge is -2.38. The Bertz CT molecular complexity index is 702. The first kappa shape index (κ1) is 25.0. The molecule has 1 heterocycles. The minimum atomic E-state index is -4.31. The van der Waals surface area contributed by atoms with Crippen LogP contribution in [0.4, 0.5) is 18.9 Å². The number of rotatable bonds is 7. The zero-order valence-electron chi connectivity index (χ0n) is 17.7. The fourth-order valence-electron chi connectivity index (χ4n) is 3.78. The first-order valence-corrected chi connectivity index (χ1v) is 10.3. The molecule has 1 aliphatic carbocycles. The molecule has 0 spiro atoms. The summed E-state index contributed by atoms with van der Waals surface area (Å²) in [4.78, 5) is 8.60. The van der Waals surface area contributed by atoms with E-state index in [-0.39, 0.29) is 24.0 Å². The molecule has 0 aromatic heterocycles. The Morgan fingerprint density at radius 2 is 1.90 bits per heavy atom. The Kier molecular flexibility index (Phi) is 9.08. The monoisotopic (exact) mass is 540 g/mol. The molecule has 1 saturated carbocycles. The highest BCUT2D eigenvalue weighted by molar-refractivity contribution is 14.0. The lowest BCUT2D eigenvalue weighted by atomic mass is 10.0. The molecule has 1 N–H and O–H groups in total. The molecule has 0 unspecified atom stereocenters. The van der Waals surface area contributed by atoms with Gasteiger partial charge < -0.3 is 19.9 Å². The highest BCUT2D eigenvalue weighted by Gasteiger charge is 2.42. The third-order valence-electron chi connectivity index (χ3n) is 5.89. The topological polar surface area (TPSA) is 40.1 Å². The third kappa shape index (κ3) is 6.63. The second-order valence-corrected chi connectivity index (χ2v) is 7.87. The van der Waals surface area contributed by atoms with Crippen LogP contribution in [-0.4, -0.2) is 63.8 Å². The third-order valence-corrected chi connectivity index (χ3v) is 5.89. The summed E-state index contributed by atoms with van der Waals surface area (Å²) in [7, 11) is 1.78. The van der Waals surface area contributed by atoms with Crippen molar-refractivity contribution in [1.29, 1.82) is 0 Å². The predicted octanol–water partition coefficient (Wildman–Crippen LogP) is 4.23. The van der Waals surface area contributed by atoms with Crippen LogP contribution >= 0.6 is 24.0 Å². The van der Waals surface area contributed by atoms with E-state index in [2.05, 4.69) is 15.2 Å². The maximum absolute atomic E-state index is 13.0. The highest BCUT2D eigenvalue weighted by Crippen LogP contribution is 2.48. The van der Waals surface area contributed by atoms with Crippen molar-refractivity contribution < 1.29 is 17.9 Å². The number of anilines is 1. The van der Waals surface area contributed by atoms with Gasteiger partial charge >= 0.3 is 6.18 Å². The van der Waals surface area contributed by atoms with Gasteiger partial charge in [-0.15, -0.1) is 24.0 Å². The molecular formula is C21H32F3IN4O. The number of halogens is 4. The summed E-state index contributed by atoms with van der Waals surface area (Å²) in [5.74, 6) is 0.872. The molecule has 1 aromatic carbocycles. The van der Waals surface area contributed by atoms with E-state index >= 15 is 0 Å². The Morgan fingerprint density at radius 1 is 1.20 bits per heavy atom. The van der Waals surface area contributed by atoms with E-state index in [9.17, 15) is 13.2 Å². The Morgan fingerprint density at radius 3 is 2.47 bits per heavy atom. The van der Waals surface area contributed by atoms with Gasteiger partial charge in [-0.05, 0) is 49.8 Å². The van der Waals surface area contributed by atoms with E-state index in [0.29, 0.717) is 24.2 Å². The van der Waals surface area contributed by atoms with Crippen LogP contribution in [0.5, 0.6) is 0 Å². The molecule has 2 aliphatic rings. The zero-order chi connectivity index (χ0) is 20.9. The van der Waals surface area contributed by atoms with Crippen LogP contribution in [0.3, 0.4) is 0 Å². The van der Waals surface area contributed by atoms with Gasteiger partial charge in [0.2, 0.25) is 0 Å². The van der Waals surface area contributed by atoms with Crippen LogP contribution in [0.15, 0.2) is 29.3 Å². The van der Waals surface area contributed by atoms with Crippen molar-refractivity contribution in [1.82, 2.24) is 10.2 Å². The number of alkyl halides is 3. The summed E-state index contributed by atoms with van der Waals surface area (Å²) < 4.78 is 44.4. The van der Waals surface area contributed by atoms with E-state index in [1.54, 1.807) is 13.1 Å². The van der Waals surface area contributed by atoms with Crippen molar-refractivity contribution in [3.8, 4) is 0 Å². The number of guanidine groups is 1. The van der Waals surface area contributed by atoms with Crippen molar-refractivity contribution in [2.45, 2.75) is 32.4 Å². The molecule has 3 rings (SSSR count). The van der Waals surface area contributed by atoms with Gasteiger partial charge in [-0.1, -0.05) is 6.07 Å². The van der Waals surface area contributed by atoms with Crippen molar-refractivity contribution in [3.63, 3.8) is 0 Å². The van der Waals surface area contributed by atoms with Gasteiger partial charge in [-0.2, -0.15) is 13.2 Å². The average Bonchev–Trinajstić information content (AvgIpc) is 3.48. The number of nitrogens with zero attached hydrogens (tertiary/aromatic N) is 3. The number of nitrogens with one attached hydrogen (secondary N) is 1. The lowest BCUT2D eigenvalue weighted by Crippen LogP contribution is -2.53. The first-order valence-electron chi connectivity index (χ1n) is 10.3. The number of benzene rings is 1. The van der Waals surface area contributed by atoms with E-state index in [1.807, 2.05) is 11.8 Å². The molecule has 0 radical (unpaired) electrons. The standard InChI is InChI=1S/C21H31F3N4O.HI/c1-3-29-14-9-20(7-8-20)16-26-19(25-2)28-12-10-27(11-13-28)18-6-4-5-17(15-18)21(22,23)24;/h4-6,15H,3,7-14,16H2,1-2H3,(H,25,26);1H. The second-order valence-electron chi connectivity index (χ2n) is 7.87. The van der Waals surface area contributed by atoms with Crippen LogP contribution < -0.4 is 10.2 Å². The van der Waals surface area contributed by atoms with Crippen LogP contribution in [0.25, 0.3) is 0 Å². The summed E-state index contributed by atoms with van der Waals surface area (Å²) in [6.45, 7) is 7.23. The zero-order valence-corrected chi connectivity index (χ0v) is 20.0. The van der Waals surface area contributed by atoms with E-state index < -0.39 is 11.7 Å². The molecule has 0 bridgehead atoms. The highest BCUT2D eigenvalue weighted by atomic mass is 127. The smallest absolute Gasteiger partial charge is 0.382 e. The minimum absolute atomic E-state index is 0. The number of hydrogen-bond acceptors (Lipinski definition) is 3. The van der Waals surface area contributed by atoms with Gasteiger partial charge in [0.25, 0.3) is 0 Å². The molecule has 1 aliphatic heterocycles. The molecule has 30 heavy (non-hydrogen) atoms. The Hall–Kier alpha value is -1.23. The Balaban J connectivity index is 0.00000320. The SMILES string of the molecule is CCOCCC1(CNC(=NC)N2CCN(c3cccc(C(F)(F)F)c3)CC2)CC1.I. The molecule has 9 heteroatoms. The van der Waals surface area contributed by atoms with Crippen molar-refractivity contribution in [3.05, 3.63) is 29.8 Å². The lowest BCUT2D eigenvalue weighted by molar-refractivity contribution is -0.137. The minimum Gasteiger partial charge on any atom is -0.382 e. The molecular weight excluding hydrogens is 508 g/mol. The van der Waals surface area contributed by atoms with Gasteiger partial charge in [0.05, 0.1) is 5.56 Å². The molecule has 2 fully saturated rings. The van der Waals surface area contributed by atoms with Crippen molar-refractivity contribution in [2.75, 3.05) is 57.9 Å². The van der Waals surface area contributed by atoms with Gasteiger partial charge in [-0.25, -0.2) is 0 Å². The van der Waals surface area contributed by atoms with Gasteiger partial charge in [0, 0.05) is 58.7 Å². The quantitative estimate of drug-likeness (QED) is 0.243. The normalized spacial score (nSPS) is 18.8. The molecule has 1 aromatic rings. The largest absolute Gasteiger partial charge is 0.416 e. The van der Waals surface area contributed by atoms with Crippen molar-refractivity contribution >= 4 is 35.6 Å². The fourth-order valence-corrected chi connectivity index (χ4v) is 3.78. The fraction of sp³-hybridized carbons (Fsp3) is 0.667. The molecule has 1 saturated heterocycles. The van der Waals surface area contributed by atoms with Crippen LogP contribution in [0.1, 0.15) is 31.7 Å². The first-order chi connectivity index (χ1) is 13.9. The van der Waals surface area contributed by atoms with E-state index in [4.69, 9.17) is 4.74 Å². The summed E-state index contributed by atoms with van der Waals surface area (Å²) >= 11 is 0. The number of hydrogen-bond donors (Lipinski definition) is 1. The van der Waals surface area contributed by atoms with E-state index in [0.717, 1.165) is 51.3 Å².